The van der Waals surface area contributed by atoms with Crippen LogP contribution in [0.1, 0.15) is 68.7 Å². The van der Waals surface area contributed by atoms with Crippen LogP contribution in [0.2, 0.25) is 0 Å². The van der Waals surface area contributed by atoms with Crippen LogP contribution < -0.4 is 5.32 Å². The molecule has 6 nitrogen and oxygen atoms in total. The van der Waals surface area contributed by atoms with Gasteiger partial charge in [-0.05, 0) is 33.1 Å². The van der Waals surface area contributed by atoms with Crippen molar-refractivity contribution >= 4 is 0 Å². The van der Waals surface area contributed by atoms with Crippen LogP contribution in [-0.4, -0.2) is 19.9 Å². The first-order valence-corrected chi connectivity index (χ1v) is 7.86. The highest BCUT2D eigenvalue weighted by Gasteiger charge is 2.26. The summed E-state index contributed by atoms with van der Waals surface area (Å²) < 4.78 is 7.44. The number of hydrogen-bond acceptors (Lipinski definition) is 5. The minimum absolute atomic E-state index is 0.0544. The lowest BCUT2D eigenvalue weighted by molar-refractivity contribution is 0.312. The van der Waals surface area contributed by atoms with E-state index in [2.05, 4.69) is 39.1 Å². The summed E-state index contributed by atoms with van der Waals surface area (Å²) in [4.78, 5) is 4.41. The molecule has 114 valence electrons. The van der Waals surface area contributed by atoms with Crippen molar-refractivity contribution in [1.82, 2.24) is 25.2 Å². The van der Waals surface area contributed by atoms with Gasteiger partial charge in [0.05, 0.1) is 12.2 Å². The Morgan fingerprint density at radius 3 is 3.05 bits per heavy atom. The highest BCUT2D eigenvalue weighted by atomic mass is 16.5. The Labute approximate surface area is 124 Å². The lowest BCUT2D eigenvalue weighted by Gasteiger charge is -2.26. The SMILES string of the molecule is CCc1noc([C@@H](C)N[C@@H]2CCCc3c2cnn3CC)n1. The Hall–Kier alpha value is -1.69. The Morgan fingerprint density at radius 2 is 2.33 bits per heavy atom. The van der Waals surface area contributed by atoms with Crippen LogP contribution in [0.5, 0.6) is 0 Å². The first-order valence-electron chi connectivity index (χ1n) is 7.86. The second kappa shape index (κ2) is 5.97. The van der Waals surface area contributed by atoms with E-state index >= 15 is 0 Å². The number of aryl methyl sites for hydroxylation is 2. The molecule has 0 aliphatic heterocycles. The van der Waals surface area contributed by atoms with Crippen molar-refractivity contribution < 1.29 is 4.52 Å². The molecule has 0 aromatic carbocycles. The van der Waals surface area contributed by atoms with E-state index in [1.807, 2.05) is 13.1 Å². The van der Waals surface area contributed by atoms with Gasteiger partial charge in [0, 0.05) is 30.3 Å². The van der Waals surface area contributed by atoms with Gasteiger partial charge in [-0.1, -0.05) is 12.1 Å². The Morgan fingerprint density at radius 1 is 1.48 bits per heavy atom. The van der Waals surface area contributed by atoms with Gasteiger partial charge in [-0.25, -0.2) is 0 Å². The molecule has 0 saturated heterocycles. The molecule has 2 aromatic rings. The minimum atomic E-state index is 0.0544. The van der Waals surface area contributed by atoms with Gasteiger partial charge in [0.1, 0.15) is 0 Å². The highest BCUT2D eigenvalue weighted by molar-refractivity contribution is 5.25. The molecule has 6 heteroatoms. The average molecular weight is 289 g/mol. The number of rotatable bonds is 5. The van der Waals surface area contributed by atoms with Crippen molar-refractivity contribution in [2.75, 3.05) is 0 Å². The molecule has 2 atom stereocenters. The van der Waals surface area contributed by atoms with Crippen molar-refractivity contribution in [3.05, 3.63) is 29.2 Å². The summed E-state index contributed by atoms with van der Waals surface area (Å²) in [7, 11) is 0. The van der Waals surface area contributed by atoms with Gasteiger partial charge >= 0.3 is 0 Å². The van der Waals surface area contributed by atoms with Crippen LogP contribution in [0, 0.1) is 0 Å². The predicted octanol–water partition coefficient (Wildman–Crippen LogP) is 2.58. The highest BCUT2D eigenvalue weighted by Crippen LogP contribution is 2.31. The van der Waals surface area contributed by atoms with Gasteiger partial charge in [0.2, 0.25) is 5.89 Å². The summed E-state index contributed by atoms with van der Waals surface area (Å²) in [5.74, 6) is 1.43. The van der Waals surface area contributed by atoms with E-state index < -0.39 is 0 Å². The van der Waals surface area contributed by atoms with Crippen LogP contribution in [-0.2, 0) is 19.4 Å². The Bertz CT molecular complexity index is 603. The molecular weight excluding hydrogens is 266 g/mol. The molecule has 21 heavy (non-hydrogen) atoms. The maximum absolute atomic E-state index is 5.33. The molecule has 2 aromatic heterocycles. The first kappa shape index (κ1) is 14.3. The summed E-state index contributed by atoms with van der Waals surface area (Å²) >= 11 is 0. The first-order chi connectivity index (χ1) is 10.2. The smallest absolute Gasteiger partial charge is 0.243 e. The lowest BCUT2D eigenvalue weighted by atomic mass is 9.92. The largest absolute Gasteiger partial charge is 0.338 e. The molecular formula is C15H23N5O. The van der Waals surface area contributed by atoms with E-state index in [0.29, 0.717) is 11.9 Å². The second-order valence-corrected chi connectivity index (χ2v) is 5.60. The minimum Gasteiger partial charge on any atom is -0.338 e. The predicted molar refractivity (Wildman–Crippen MR) is 78.8 cm³/mol. The van der Waals surface area contributed by atoms with Crippen LogP contribution in [0.4, 0.5) is 0 Å². The van der Waals surface area contributed by atoms with E-state index in [-0.39, 0.29) is 6.04 Å². The molecule has 0 unspecified atom stereocenters. The molecule has 0 spiro atoms. The monoisotopic (exact) mass is 289 g/mol. The number of fused-ring (bicyclic) bond motifs is 1. The topological polar surface area (TPSA) is 68.8 Å². The van der Waals surface area contributed by atoms with E-state index in [9.17, 15) is 0 Å². The molecule has 2 heterocycles. The fourth-order valence-corrected chi connectivity index (χ4v) is 3.02. The standard InChI is InChI=1S/C15H23N5O/c1-4-14-18-15(21-19-14)10(3)17-12-7-6-8-13-11(12)9-16-20(13)5-2/h9-10,12,17H,4-8H2,1-3H3/t10-,12-/m1/s1. The third-order valence-corrected chi connectivity index (χ3v) is 4.18. The summed E-state index contributed by atoms with van der Waals surface area (Å²) in [6.07, 6.45) is 6.24. The third kappa shape index (κ3) is 2.72. The zero-order chi connectivity index (χ0) is 14.8. The van der Waals surface area contributed by atoms with Gasteiger partial charge in [-0.2, -0.15) is 10.1 Å². The van der Waals surface area contributed by atoms with E-state index in [1.165, 1.54) is 17.7 Å². The van der Waals surface area contributed by atoms with Gasteiger partial charge < -0.3 is 4.52 Å². The van der Waals surface area contributed by atoms with Crippen LogP contribution in [0.25, 0.3) is 0 Å². The molecule has 0 fully saturated rings. The van der Waals surface area contributed by atoms with E-state index in [1.54, 1.807) is 0 Å². The van der Waals surface area contributed by atoms with Crippen molar-refractivity contribution in [3.63, 3.8) is 0 Å². The quantitative estimate of drug-likeness (QED) is 0.916. The Balaban J connectivity index is 1.75. The number of nitrogens with one attached hydrogen (secondary N) is 1. The molecule has 1 N–H and O–H groups in total. The molecule has 1 aliphatic rings. The zero-order valence-electron chi connectivity index (χ0n) is 13.0. The van der Waals surface area contributed by atoms with E-state index in [4.69, 9.17) is 4.52 Å². The summed E-state index contributed by atoms with van der Waals surface area (Å²) in [5.41, 5.74) is 2.69. The Kier molecular flexibility index (Phi) is 4.05. The molecule has 0 amide bonds. The van der Waals surface area contributed by atoms with Crippen LogP contribution in [0.15, 0.2) is 10.7 Å². The second-order valence-electron chi connectivity index (χ2n) is 5.60. The summed E-state index contributed by atoms with van der Waals surface area (Å²) in [6, 6.07) is 0.375. The molecule has 0 radical (unpaired) electrons. The lowest BCUT2D eigenvalue weighted by Crippen LogP contribution is -2.28. The number of hydrogen-bond donors (Lipinski definition) is 1. The molecule has 0 saturated carbocycles. The molecule has 0 bridgehead atoms. The third-order valence-electron chi connectivity index (χ3n) is 4.18. The van der Waals surface area contributed by atoms with Gasteiger partial charge in [0.25, 0.3) is 0 Å². The molecule has 1 aliphatic carbocycles. The van der Waals surface area contributed by atoms with Crippen molar-refractivity contribution in [3.8, 4) is 0 Å². The average Bonchev–Trinajstić information content (AvgIpc) is 3.14. The van der Waals surface area contributed by atoms with Crippen LogP contribution in [0.3, 0.4) is 0 Å². The summed E-state index contributed by atoms with van der Waals surface area (Å²) in [6.45, 7) is 7.17. The number of aromatic nitrogens is 4. The van der Waals surface area contributed by atoms with Gasteiger partial charge in [-0.3, -0.25) is 10.00 Å². The fraction of sp³-hybridized carbons (Fsp3) is 0.667. The number of nitrogens with zero attached hydrogens (tertiary/aromatic N) is 4. The maximum Gasteiger partial charge on any atom is 0.243 e. The maximum atomic E-state index is 5.33. The van der Waals surface area contributed by atoms with Crippen LogP contribution >= 0.6 is 0 Å². The van der Waals surface area contributed by atoms with Gasteiger partial charge in [0.15, 0.2) is 5.82 Å². The van der Waals surface area contributed by atoms with E-state index in [0.717, 1.165) is 31.6 Å². The molecule has 3 rings (SSSR count). The van der Waals surface area contributed by atoms with Crippen molar-refractivity contribution in [2.45, 2.75) is 65.1 Å². The van der Waals surface area contributed by atoms with Crippen molar-refractivity contribution in [2.24, 2.45) is 0 Å². The fourth-order valence-electron chi connectivity index (χ4n) is 3.02. The summed E-state index contributed by atoms with van der Waals surface area (Å²) in [5, 5.41) is 12.1. The normalized spacial score (nSPS) is 19.5. The zero-order valence-corrected chi connectivity index (χ0v) is 13.0. The van der Waals surface area contributed by atoms with Gasteiger partial charge in [-0.15, -0.1) is 0 Å². The van der Waals surface area contributed by atoms with Crippen molar-refractivity contribution in [1.29, 1.82) is 0 Å².